The Balaban J connectivity index is 1.97. The highest BCUT2D eigenvalue weighted by Crippen LogP contribution is 2.34. The molecule has 0 spiro atoms. The van der Waals surface area contributed by atoms with Crippen LogP contribution in [0.15, 0.2) is 58.4 Å². The van der Waals surface area contributed by atoms with E-state index in [1.807, 2.05) is 31.2 Å². The summed E-state index contributed by atoms with van der Waals surface area (Å²) in [5, 5.41) is 0.301. The summed E-state index contributed by atoms with van der Waals surface area (Å²) in [7, 11) is 1.24. The number of hydrogen-bond donors (Lipinski definition) is 0. The normalized spacial score (nSPS) is 16.9. The highest BCUT2D eigenvalue weighted by Gasteiger charge is 2.34. The minimum absolute atomic E-state index is 0.0633. The molecule has 0 unspecified atom stereocenters. The molecule has 1 saturated heterocycles. The van der Waals surface area contributed by atoms with Crippen LogP contribution in [0.25, 0.3) is 0 Å². The minimum atomic E-state index is -0.628. The number of carbonyl (C=O) groups excluding carboxylic acids is 2. The molecule has 0 atom stereocenters. The maximum absolute atomic E-state index is 13.4. The average molecular weight is 419 g/mol. The molecule has 1 fully saturated rings. The largest absolute Gasteiger partial charge is 0.466 e. The fourth-order valence-corrected chi connectivity index (χ4v) is 3.57. The van der Waals surface area contributed by atoms with Gasteiger partial charge < -0.3 is 4.74 Å². The van der Waals surface area contributed by atoms with Crippen molar-refractivity contribution in [3.63, 3.8) is 0 Å². The van der Waals surface area contributed by atoms with E-state index in [0.717, 1.165) is 29.0 Å². The highest BCUT2D eigenvalue weighted by molar-refractivity contribution is 8.18. The van der Waals surface area contributed by atoms with Crippen molar-refractivity contribution in [2.75, 3.05) is 7.11 Å². The zero-order chi connectivity index (χ0) is 20.3. The van der Waals surface area contributed by atoms with Crippen molar-refractivity contribution in [3.05, 3.63) is 75.4 Å². The molecule has 0 bridgehead atoms. The van der Waals surface area contributed by atoms with Gasteiger partial charge >= 0.3 is 5.97 Å². The average Bonchev–Trinajstić information content (AvgIpc) is 2.95. The summed E-state index contributed by atoms with van der Waals surface area (Å²) in [5.74, 6) is -1.54. The van der Waals surface area contributed by atoms with E-state index in [9.17, 15) is 14.0 Å². The molecule has 1 aliphatic heterocycles. The Bertz CT molecular complexity index is 989. The van der Waals surface area contributed by atoms with E-state index in [0.29, 0.717) is 10.9 Å². The lowest BCUT2D eigenvalue weighted by molar-refractivity contribution is -0.135. The molecule has 8 heteroatoms. The number of benzene rings is 2. The second-order valence-corrected chi connectivity index (χ2v) is 7.42. The molecule has 5 nitrogen and oxygen atoms in total. The fourth-order valence-electron chi connectivity index (χ4n) is 2.44. The monoisotopic (exact) mass is 418 g/mol. The number of halogens is 2. The lowest BCUT2D eigenvalue weighted by Gasteiger charge is -2.16. The Morgan fingerprint density at radius 1 is 1.29 bits per heavy atom. The van der Waals surface area contributed by atoms with Gasteiger partial charge in [0, 0.05) is 6.08 Å². The quantitative estimate of drug-likeness (QED) is 0.537. The first-order valence-corrected chi connectivity index (χ1v) is 9.45. The van der Waals surface area contributed by atoms with Crippen molar-refractivity contribution in [3.8, 4) is 0 Å². The van der Waals surface area contributed by atoms with Gasteiger partial charge in [0.1, 0.15) is 5.82 Å². The first-order valence-electron chi connectivity index (χ1n) is 8.26. The molecule has 0 aliphatic carbocycles. The molecule has 0 saturated carbocycles. The number of hydrogen-bond acceptors (Lipinski definition) is 5. The molecule has 3 rings (SSSR count). The number of thioether (sulfide) groups is 1. The summed E-state index contributed by atoms with van der Waals surface area (Å²) in [4.78, 5) is 30.5. The molecule has 2 aromatic carbocycles. The van der Waals surface area contributed by atoms with Gasteiger partial charge in [-0.1, -0.05) is 41.4 Å². The SMILES string of the molecule is COC(=O)C=C1SC(=Nc2ccc(F)c(Cl)c2)N(Cc2ccc(C)cc2)C1=O. The van der Waals surface area contributed by atoms with Crippen LogP contribution in [0.5, 0.6) is 0 Å². The Labute approximate surface area is 170 Å². The molecule has 1 aliphatic rings. The molecule has 0 radical (unpaired) electrons. The number of ether oxygens (including phenoxy) is 1. The van der Waals surface area contributed by atoms with Crippen LogP contribution in [0.3, 0.4) is 0 Å². The third kappa shape index (κ3) is 4.61. The maximum atomic E-state index is 13.4. The first-order chi connectivity index (χ1) is 13.4. The second kappa shape index (κ2) is 8.58. The third-order valence-corrected chi connectivity index (χ3v) is 5.22. The Morgan fingerprint density at radius 2 is 2.00 bits per heavy atom. The minimum Gasteiger partial charge on any atom is -0.466 e. The summed E-state index contributed by atoms with van der Waals surface area (Å²) in [6.07, 6.45) is 1.13. The summed E-state index contributed by atoms with van der Waals surface area (Å²) < 4.78 is 18.0. The smallest absolute Gasteiger partial charge is 0.331 e. The third-order valence-electron chi connectivity index (χ3n) is 3.93. The van der Waals surface area contributed by atoms with Crippen molar-refractivity contribution in [2.24, 2.45) is 4.99 Å². The summed E-state index contributed by atoms with van der Waals surface area (Å²) in [5.41, 5.74) is 2.41. The standard InChI is InChI=1S/C20H16ClFN2O3S/c1-12-3-5-13(6-4-12)11-24-19(26)17(10-18(25)27-2)28-20(24)23-14-7-8-16(22)15(21)9-14/h3-10H,11H2,1-2H3. The predicted molar refractivity (Wildman–Crippen MR) is 108 cm³/mol. The van der Waals surface area contributed by atoms with Crippen molar-refractivity contribution < 1.29 is 18.7 Å². The van der Waals surface area contributed by atoms with Crippen LogP contribution in [-0.4, -0.2) is 29.1 Å². The van der Waals surface area contributed by atoms with Gasteiger partial charge in [-0.3, -0.25) is 9.69 Å². The number of amidine groups is 1. The zero-order valence-electron chi connectivity index (χ0n) is 15.1. The molecule has 144 valence electrons. The van der Waals surface area contributed by atoms with Crippen LogP contribution >= 0.6 is 23.4 Å². The van der Waals surface area contributed by atoms with Gasteiger partial charge in [-0.15, -0.1) is 0 Å². The Hall–Kier alpha value is -2.64. The number of aliphatic imine (C=N–C) groups is 1. The predicted octanol–water partition coefficient (Wildman–Crippen LogP) is 4.61. The van der Waals surface area contributed by atoms with Crippen LogP contribution in [0, 0.1) is 12.7 Å². The van der Waals surface area contributed by atoms with Crippen molar-refractivity contribution >= 4 is 46.1 Å². The Morgan fingerprint density at radius 3 is 2.64 bits per heavy atom. The number of nitrogens with zero attached hydrogens (tertiary/aromatic N) is 2. The fraction of sp³-hybridized carbons (Fsp3) is 0.150. The van der Waals surface area contributed by atoms with E-state index in [-0.39, 0.29) is 22.4 Å². The molecule has 28 heavy (non-hydrogen) atoms. The van der Waals surface area contributed by atoms with Crippen molar-refractivity contribution in [2.45, 2.75) is 13.5 Å². The maximum Gasteiger partial charge on any atom is 0.331 e. The Kier molecular flexibility index (Phi) is 6.16. The number of methoxy groups -OCH3 is 1. The van der Waals surface area contributed by atoms with E-state index in [1.54, 1.807) is 0 Å². The molecule has 1 amide bonds. The van der Waals surface area contributed by atoms with E-state index < -0.39 is 11.8 Å². The van der Waals surface area contributed by atoms with E-state index in [2.05, 4.69) is 9.73 Å². The number of carbonyl (C=O) groups is 2. The number of aryl methyl sites for hydroxylation is 1. The van der Waals surface area contributed by atoms with Crippen LogP contribution < -0.4 is 0 Å². The molecular formula is C20H16ClFN2O3S. The summed E-state index contributed by atoms with van der Waals surface area (Å²) >= 11 is 6.87. The molecule has 2 aromatic rings. The van der Waals surface area contributed by atoms with Crippen LogP contribution in [0.2, 0.25) is 5.02 Å². The lowest BCUT2D eigenvalue weighted by Crippen LogP contribution is -2.28. The molecular weight excluding hydrogens is 403 g/mol. The summed E-state index contributed by atoms with van der Waals surface area (Å²) in [6, 6.07) is 11.8. The summed E-state index contributed by atoms with van der Waals surface area (Å²) in [6.45, 7) is 2.25. The van der Waals surface area contributed by atoms with Gasteiger partial charge in [0.25, 0.3) is 5.91 Å². The van der Waals surface area contributed by atoms with Crippen molar-refractivity contribution in [1.29, 1.82) is 0 Å². The molecule has 1 heterocycles. The van der Waals surface area contributed by atoms with E-state index in [4.69, 9.17) is 11.6 Å². The van der Waals surface area contributed by atoms with Gasteiger partial charge in [0.05, 0.1) is 29.3 Å². The zero-order valence-corrected chi connectivity index (χ0v) is 16.7. The second-order valence-electron chi connectivity index (χ2n) is 6.00. The van der Waals surface area contributed by atoms with Gasteiger partial charge in [-0.05, 0) is 42.4 Å². The van der Waals surface area contributed by atoms with E-state index >= 15 is 0 Å². The van der Waals surface area contributed by atoms with Crippen LogP contribution in [0.1, 0.15) is 11.1 Å². The highest BCUT2D eigenvalue weighted by atomic mass is 35.5. The molecule has 0 N–H and O–H groups in total. The van der Waals surface area contributed by atoms with Gasteiger partial charge in [-0.25, -0.2) is 14.2 Å². The topological polar surface area (TPSA) is 59.0 Å². The number of amides is 1. The van der Waals surface area contributed by atoms with Crippen molar-refractivity contribution in [1.82, 2.24) is 4.90 Å². The van der Waals surface area contributed by atoms with E-state index in [1.165, 1.54) is 30.2 Å². The van der Waals surface area contributed by atoms with Gasteiger partial charge in [0.15, 0.2) is 5.17 Å². The van der Waals surface area contributed by atoms with Gasteiger partial charge in [0.2, 0.25) is 0 Å². The lowest BCUT2D eigenvalue weighted by atomic mass is 10.1. The van der Waals surface area contributed by atoms with Gasteiger partial charge in [-0.2, -0.15) is 0 Å². The number of esters is 1. The number of rotatable bonds is 4. The first kappa shape index (κ1) is 20.1. The van der Waals surface area contributed by atoms with Crippen LogP contribution in [0.4, 0.5) is 10.1 Å². The molecule has 0 aromatic heterocycles. The van der Waals surface area contributed by atoms with Crippen LogP contribution in [-0.2, 0) is 20.9 Å².